The van der Waals surface area contributed by atoms with Gasteiger partial charge in [-0.05, 0) is 6.92 Å². The second kappa shape index (κ2) is 7.82. The average molecular weight is 201 g/mol. The average Bonchev–Trinajstić information content (AvgIpc) is 1.56. The predicted molar refractivity (Wildman–Crippen MR) is 44.1 cm³/mol. The summed E-state index contributed by atoms with van der Waals surface area (Å²) in [7, 11) is 0. The summed E-state index contributed by atoms with van der Waals surface area (Å²) in [6.07, 6.45) is 0.253. The van der Waals surface area contributed by atoms with Crippen molar-refractivity contribution in [1.82, 2.24) is 0 Å². The molecule has 0 bridgehead atoms. The van der Waals surface area contributed by atoms with Crippen molar-refractivity contribution < 1.29 is 14.7 Å². The Balaban J connectivity index is 0. The Morgan fingerprint density at radius 3 is 1.64 bits per heavy atom. The zero-order valence-electron chi connectivity index (χ0n) is 6.30. The Hall–Kier alpha value is -0.280. The molecule has 0 atom stereocenters. The minimum Gasteiger partial charge on any atom is -0.481 e. The number of aliphatic carboxylic acids is 1. The second-order valence-electron chi connectivity index (χ2n) is 1.82. The van der Waals surface area contributed by atoms with E-state index in [1.165, 1.54) is 6.92 Å². The van der Waals surface area contributed by atoms with Crippen molar-refractivity contribution in [2.75, 3.05) is 0 Å². The number of carbonyl (C=O) groups is 2. The molecule has 1 N–H and O–H groups in total. The van der Waals surface area contributed by atoms with E-state index in [1.54, 1.807) is 0 Å². The number of Topliss-reactive ketones (excluding diaryl/α,β-unsaturated/α-hetero) is 1. The number of carboxylic acid groups (broad SMARTS) is 1. The Morgan fingerprint density at radius 2 is 1.64 bits per heavy atom. The monoisotopic (exact) mass is 200 g/mol. The van der Waals surface area contributed by atoms with Crippen molar-refractivity contribution in [3.63, 3.8) is 0 Å². The van der Waals surface area contributed by atoms with Gasteiger partial charge in [0.05, 0.1) is 0 Å². The van der Waals surface area contributed by atoms with Gasteiger partial charge >= 0.3 is 0 Å². The summed E-state index contributed by atoms with van der Waals surface area (Å²) in [5.41, 5.74) is 0. The second-order valence-corrected chi connectivity index (χ2v) is 3.09. The smallest absolute Gasteiger partial charge is 0.300 e. The number of halogens is 2. The maximum atomic E-state index is 10.1. The zero-order valence-corrected chi connectivity index (χ0v) is 7.82. The molecule has 0 aromatic rings. The molecule has 0 fully saturated rings. The molecule has 0 heterocycles. The first-order valence-electron chi connectivity index (χ1n) is 2.83. The fourth-order valence-electron chi connectivity index (χ4n) is 0.217. The molecule has 0 aliphatic heterocycles. The van der Waals surface area contributed by atoms with Crippen LogP contribution in [0, 0.1) is 0 Å². The lowest BCUT2D eigenvalue weighted by atomic mass is 10.4. The Morgan fingerprint density at radius 1 is 1.36 bits per heavy atom. The van der Waals surface area contributed by atoms with Gasteiger partial charge in [-0.2, -0.15) is 0 Å². The largest absolute Gasteiger partial charge is 0.481 e. The van der Waals surface area contributed by atoms with E-state index in [2.05, 4.69) is 0 Å². The first-order valence-corrected chi connectivity index (χ1v) is 3.70. The molecule has 66 valence electrons. The van der Waals surface area contributed by atoms with Gasteiger partial charge in [0.25, 0.3) is 5.97 Å². The number of carbonyl (C=O) groups excluding carboxylic acids is 1. The normalized spacial score (nSPS) is 8.45. The maximum absolute atomic E-state index is 10.1. The van der Waals surface area contributed by atoms with Crippen LogP contribution in [0.4, 0.5) is 0 Å². The lowest BCUT2D eigenvalue weighted by Gasteiger charge is -1.90. The molecular weight excluding hydrogens is 191 g/mol. The lowest BCUT2D eigenvalue weighted by molar-refractivity contribution is -0.134. The molecule has 0 aromatic carbocycles. The summed E-state index contributed by atoms with van der Waals surface area (Å²) in [4.78, 5) is 18.6. The van der Waals surface area contributed by atoms with Gasteiger partial charge in [0.2, 0.25) is 0 Å². The van der Waals surface area contributed by atoms with Gasteiger partial charge in [-0.3, -0.25) is 9.59 Å². The minimum atomic E-state index is -0.833. The summed E-state index contributed by atoms with van der Waals surface area (Å²) in [6, 6.07) is 0. The predicted octanol–water partition coefficient (Wildman–Crippen LogP) is 1.86. The third kappa shape index (κ3) is 41.9. The lowest BCUT2D eigenvalue weighted by Crippen LogP contribution is -1.95. The van der Waals surface area contributed by atoms with Gasteiger partial charge in [-0.1, -0.05) is 0 Å². The van der Waals surface area contributed by atoms with E-state index in [9.17, 15) is 4.79 Å². The quantitative estimate of drug-likeness (QED) is 0.693. The van der Waals surface area contributed by atoms with Crippen LogP contribution in [-0.2, 0) is 9.59 Å². The number of hydrogen-bond donors (Lipinski definition) is 1. The number of rotatable bonds is 2. The first kappa shape index (κ1) is 13.3. The highest BCUT2D eigenvalue weighted by molar-refractivity contribution is 6.45. The van der Waals surface area contributed by atoms with Gasteiger partial charge in [0.15, 0.2) is 0 Å². The van der Waals surface area contributed by atoms with E-state index in [4.69, 9.17) is 33.1 Å². The van der Waals surface area contributed by atoms with Crippen LogP contribution in [0.1, 0.15) is 20.3 Å². The number of ketones is 1. The Bertz CT molecular complexity index is 130. The van der Waals surface area contributed by atoms with Crippen molar-refractivity contribution in [2.24, 2.45) is 0 Å². The van der Waals surface area contributed by atoms with Crippen molar-refractivity contribution in [3.05, 3.63) is 0 Å². The van der Waals surface area contributed by atoms with Gasteiger partial charge in [0.1, 0.15) is 10.6 Å². The molecule has 0 aromatic heterocycles. The van der Waals surface area contributed by atoms with Gasteiger partial charge in [-0.25, -0.2) is 0 Å². The van der Waals surface area contributed by atoms with E-state index in [-0.39, 0.29) is 12.2 Å². The Labute approximate surface area is 75.3 Å². The van der Waals surface area contributed by atoms with E-state index in [1.807, 2.05) is 0 Å². The highest BCUT2D eigenvalue weighted by Crippen LogP contribution is 2.05. The van der Waals surface area contributed by atoms with Crippen LogP contribution in [0.25, 0.3) is 0 Å². The summed E-state index contributed by atoms with van der Waals surface area (Å²) in [5.74, 6) is -0.810. The van der Waals surface area contributed by atoms with Gasteiger partial charge in [0, 0.05) is 13.3 Å². The van der Waals surface area contributed by atoms with Crippen molar-refractivity contribution in [1.29, 1.82) is 0 Å². The molecule has 0 amide bonds. The summed E-state index contributed by atoms with van der Waals surface area (Å²) in [6.45, 7) is 2.54. The third-order valence-electron chi connectivity index (χ3n) is 0.442. The molecule has 0 radical (unpaired) electrons. The summed E-state index contributed by atoms with van der Waals surface area (Å²) < 4.78 is 0. The van der Waals surface area contributed by atoms with Crippen LogP contribution in [0.2, 0.25) is 0 Å². The standard InChI is InChI=1S/C4H6Cl2O.C2H4O2/c1-3(7)2-4(5)6;1-2(3)4/h4H,2H2,1H3;1H3,(H,3,4). The molecule has 0 saturated carbocycles. The fourth-order valence-corrected chi connectivity index (χ4v) is 0.652. The van der Waals surface area contributed by atoms with E-state index in [0.29, 0.717) is 0 Å². The number of carboxylic acids is 1. The minimum absolute atomic E-state index is 0.0231. The third-order valence-corrected chi connectivity index (χ3v) is 0.750. The van der Waals surface area contributed by atoms with Crippen LogP contribution in [-0.4, -0.2) is 21.7 Å². The molecule has 0 aliphatic carbocycles. The highest BCUT2D eigenvalue weighted by Gasteiger charge is 2.00. The maximum Gasteiger partial charge on any atom is 0.300 e. The fraction of sp³-hybridized carbons (Fsp3) is 0.667. The van der Waals surface area contributed by atoms with Gasteiger partial charge < -0.3 is 5.11 Å². The number of alkyl halides is 2. The highest BCUT2D eigenvalue weighted by atomic mass is 35.5. The van der Waals surface area contributed by atoms with E-state index >= 15 is 0 Å². The van der Waals surface area contributed by atoms with Crippen molar-refractivity contribution in [3.8, 4) is 0 Å². The van der Waals surface area contributed by atoms with E-state index in [0.717, 1.165) is 6.92 Å². The molecular formula is C6H10Cl2O3. The first-order chi connectivity index (χ1) is 4.86. The van der Waals surface area contributed by atoms with Crippen LogP contribution in [0.15, 0.2) is 0 Å². The molecule has 3 nitrogen and oxygen atoms in total. The SMILES string of the molecule is CC(=O)CC(Cl)Cl.CC(=O)O. The molecule has 0 spiro atoms. The van der Waals surface area contributed by atoms with Crippen LogP contribution >= 0.6 is 23.2 Å². The molecule has 11 heavy (non-hydrogen) atoms. The summed E-state index contributed by atoms with van der Waals surface area (Å²) >= 11 is 10.4. The zero-order chi connectivity index (χ0) is 9.44. The molecule has 0 saturated heterocycles. The molecule has 0 aliphatic rings. The molecule has 5 heteroatoms. The van der Waals surface area contributed by atoms with Crippen molar-refractivity contribution >= 4 is 35.0 Å². The number of hydrogen-bond acceptors (Lipinski definition) is 2. The topological polar surface area (TPSA) is 54.4 Å². The summed E-state index contributed by atoms with van der Waals surface area (Å²) in [5, 5.41) is 7.42. The molecule has 0 rings (SSSR count). The Kier molecular flexibility index (Phi) is 9.47. The van der Waals surface area contributed by atoms with E-state index < -0.39 is 10.8 Å². The molecule has 0 unspecified atom stereocenters. The van der Waals surface area contributed by atoms with Gasteiger partial charge in [-0.15, -0.1) is 23.2 Å². The van der Waals surface area contributed by atoms with Crippen LogP contribution in [0.3, 0.4) is 0 Å². The van der Waals surface area contributed by atoms with Crippen LogP contribution in [0.5, 0.6) is 0 Å². The van der Waals surface area contributed by atoms with Crippen LogP contribution < -0.4 is 0 Å². The van der Waals surface area contributed by atoms with Crippen molar-refractivity contribution in [2.45, 2.75) is 25.1 Å².